The molecule has 1 aliphatic rings. The number of aliphatic carboxylic acids is 1. The highest BCUT2D eigenvalue weighted by Crippen LogP contribution is 2.30. The van der Waals surface area contributed by atoms with Crippen LogP contribution in [0.5, 0.6) is 0 Å². The van der Waals surface area contributed by atoms with E-state index in [0.29, 0.717) is 19.3 Å². The molecule has 2 atom stereocenters. The van der Waals surface area contributed by atoms with Gasteiger partial charge in [-0.3, -0.25) is 4.79 Å². The van der Waals surface area contributed by atoms with Crippen molar-refractivity contribution in [1.82, 2.24) is 0 Å². The van der Waals surface area contributed by atoms with Gasteiger partial charge in [0.25, 0.3) is 0 Å². The molecule has 1 N–H and O–H groups in total. The molecule has 0 aromatic heterocycles. The second-order valence-corrected chi connectivity index (χ2v) is 5.60. The Kier molecular flexibility index (Phi) is 7.12. The number of ether oxygens (including phenoxy) is 1. The van der Waals surface area contributed by atoms with Crippen LogP contribution in [0.2, 0.25) is 0 Å². The highest BCUT2D eigenvalue weighted by atomic mass is 16.6. The van der Waals surface area contributed by atoms with Crippen LogP contribution in [0, 0.1) is 0 Å². The Bertz CT molecular complexity index is 469. The second kappa shape index (κ2) is 11.8. The molecule has 3 nitrogen and oxygen atoms in total. The predicted molar refractivity (Wildman–Crippen MR) is 86.5 cm³/mol. The highest BCUT2D eigenvalue weighted by molar-refractivity contribution is 5.66. The highest BCUT2D eigenvalue weighted by Gasteiger charge is 2.36. The molecule has 1 rings (SSSR count). The van der Waals surface area contributed by atoms with Gasteiger partial charge in [-0.15, -0.1) is 0 Å². The molecular formula is C18H32O3. The average Bonchev–Trinajstić information content (AvgIpc) is 3.06. The van der Waals surface area contributed by atoms with E-state index in [9.17, 15) is 4.79 Å². The van der Waals surface area contributed by atoms with Gasteiger partial charge in [0.05, 0.1) is 17.6 Å². The summed E-state index contributed by atoms with van der Waals surface area (Å²) in [4.78, 5) is 10.4. The number of carboxylic acids is 1. The largest absolute Gasteiger partial charge is 0.481 e. The third kappa shape index (κ3) is 10.5. The van der Waals surface area contributed by atoms with Gasteiger partial charge < -0.3 is 9.84 Å². The van der Waals surface area contributed by atoms with Gasteiger partial charge in [0.15, 0.2) is 0 Å². The molecule has 1 heterocycles. The first-order valence-corrected chi connectivity index (χ1v) is 8.31. The van der Waals surface area contributed by atoms with E-state index in [4.69, 9.17) is 15.3 Å². The minimum atomic E-state index is -1.38. The SMILES string of the molecule is [2H]C(CCCCC)=C([2H])CC1([2H])OC1([2H])CCCCCCCC(=O)O. The van der Waals surface area contributed by atoms with E-state index in [0.717, 1.165) is 44.9 Å². The quantitative estimate of drug-likeness (QED) is 0.276. The van der Waals surface area contributed by atoms with Crippen LogP contribution in [-0.4, -0.2) is 23.2 Å². The molecule has 1 saturated heterocycles. The average molecular weight is 300 g/mol. The fourth-order valence-electron chi connectivity index (χ4n) is 2.23. The van der Waals surface area contributed by atoms with Gasteiger partial charge in [-0.05, 0) is 32.1 Å². The normalized spacial score (nSPS) is 31.7. The van der Waals surface area contributed by atoms with Crippen molar-refractivity contribution in [2.24, 2.45) is 0 Å². The van der Waals surface area contributed by atoms with E-state index >= 15 is 0 Å². The number of carbonyl (C=O) groups is 1. The molecule has 0 saturated carbocycles. The maximum absolute atomic E-state index is 10.4. The number of carboxylic acid groups (broad SMARTS) is 1. The number of unbranched alkanes of at least 4 members (excludes halogenated alkanes) is 6. The third-order valence-corrected chi connectivity index (χ3v) is 3.59. The van der Waals surface area contributed by atoms with E-state index in [1.54, 1.807) is 0 Å². The van der Waals surface area contributed by atoms with Crippen LogP contribution < -0.4 is 0 Å². The maximum atomic E-state index is 10.4. The topological polar surface area (TPSA) is 49.8 Å². The molecule has 1 aliphatic heterocycles. The van der Waals surface area contributed by atoms with Crippen LogP contribution in [0.25, 0.3) is 0 Å². The summed E-state index contributed by atoms with van der Waals surface area (Å²) in [6.07, 6.45) is 5.69. The van der Waals surface area contributed by atoms with Crippen LogP contribution in [-0.2, 0) is 9.53 Å². The summed E-state index contributed by atoms with van der Waals surface area (Å²) in [5, 5.41) is 8.57. The Morgan fingerprint density at radius 1 is 1.14 bits per heavy atom. The summed E-state index contributed by atoms with van der Waals surface area (Å²) < 4.78 is 37.6. The van der Waals surface area contributed by atoms with Crippen LogP contribution in [0.4, 0.5) is 0 Å². The fraction of sp³-hybridized carbons (Fsp3) is 0.833. The first-order chi connectivity index (χ1) is 11.7. The third-order valence-electron chi connectivity index (χ3n) is 3.59. The van der Waals surface area contributed by atoms with Gasteiger partial charge in [0, 0.05) is 6.42 Å². The molecule has 0 aliphatic carbocycles. The molecule has 0 bridgehead atoms. The molecular weight excluding hydrogens is 264 g/mol. The van der Waals surface area contributed by atoms with E-state index in [2.05, 4.69) is 6.92 Å². The first kappa shape index (κ1) is 12.7. The lowest BCUT2D eigenvalue weighted by molar-refractivity contribution is -0.137. The Morgan fingerprint density at radius 2 is 1.90 bits per heavy atom. The zero-order valence-electron chi connectivity index (χ0n) is 17.2. The van der Waals surface area contributed by atoms with Crippen LogP contribution in [0.15, 0.2) is 12.1 Å². The zero-order chi connectivity index (χ0) is 18.9. The minimum Gasteiger partial charge on any atom is -0.481 e. The number of allylic oxidation sites excluding steroid dienone is 1. The van der Waals surface area contributed by atoms with Gasteiger partial charge in [-0.25, -0.2) is 0 Å². The van der Waals surface area contributed by atoms with Gasteiger partial charge in [-0.2, -0.15) is 0 Å². The molecule has 0 spiro atoms. The van der Waals surface area contributed by atoms with Crippen LogP contribution >= 0.6 is 0 Å². The van der Waals surface area contributed by atoms with Crippen LogP contribution in [0.1, 0.15) is 89.5 Å². The van der Waals surface area contributed by atoms with Gasteiger partial charge in [0.2, 0.25) is 0 Å². The number of hydrogen-bond acceptors (Lipinski definition) is 2. The molecule has 0 amide bonds. The molecule has 0 aromatic rings. The summed E-state index contributed by atoms with van der Waals surface area (Å²) in [6.45, 7) is 2.09. The van der Waals surface area contributed by atoms with E-state index in [1.165, 1.54) is 0 Å². The number of hydrogen-bond donors (Lipinski definition) is 1. The Balaban J connectivity index is 2.27. The maximum Gasteiger partial charge on any atom is 0.303 e. The lowest BCUT2D eigenvalue weighted by Gasteiger charge is -1.99. The molecule has 21 heavy (non-hydrogen) atoms. The van der Waals surface area contributed by atoms with Crippen molar-refractivity contribution in [1.29, 1.82) is 0 Å². The summed E-state index contributed by atoms with van der Waals surface area (Å²) >= 11 is 0. The summed E-state index contributed by atoms with van der Waals surface area (Å²) in [7, 11) is 0. The lowest BCUT2D eigenvalue weighted by Crippen LogP contribution is -1.94. The van der Waals surface area contributed by atoms with Gasteiger partial charge in [0.1, 0.15) is 0 Å². The van der Waals surface area contributed by atoms with Crippen molar-refractivity contribution in [3.63, 3.8) is 0 Å². The smallest absolute Gasteiger partial charge is 0.303 e. The van der Waals surface area contributed by atoms with Crippen molar-refractivity contribution in [2.45, 2.75) is 96.1 Å². The summed E-state index contributed by atoms with van der Waals surface area (Å²) in [5.41, 5.74) is 0. The van der Waals surface area contributed by atoms with Gasteiger partial charge in [-0.1, -0.05) is 57.6 Å². The predicted octanol–water partition coefficient (Wildman–Crippen LogP) is 5.10. The van der Waals surface area contributed by atoms with Crippen molar-refractivity contribution in [3.8, 4) is 0 Å². The minimum absolute atomic E-state index is 0.0140. The first-order valence-electron chi connectivity index (χ1n) is 10.3. The van der Waals surface area contributed by atoms with Crippen molar-refractivity contribution in [3.05, 3.63) is 12.1 Å². The van der Waals surface area contributed by atoms with Crippen LogP contribution in [0.3, 0.4) is 0 Å². The van der Waals surface area contributed by atoms with Crippen molar-refractivity contribution in [2.75, 3.05) is 0 Å². The Labute approximate surface area is 135 Å². The van der Waals surface area contributed by atoms with Gasteiger partial charge >= 0.3 is 5.97 Å². The molecule has 0 radical (unpaired) electrons. The molecule has 0 aromatic carbocycles. The second-order valence-electron chi connectivity index (χ2n) is 5.60. The molecule has 1 fully saturated rings. The Hall–Kier alpha value is -0.830. The monoisotopic (exact) mass is 300 g/mol. The molecule has 122 valence electrons. The standard InChI is InChI=1S/C18H32O3/c1-2-3-4-5-7-10-13-16-17(21-16)14-11-8-6-9-12-15-18(19)20/h7,10,16-17H,2-6,8-9,11-15H2,1H3,(H,19,20)/i7D,10D,16D,17D. The van der Waals surface area contributed by atoms with E-state index in [-0.39, 0.29) is 24.9 Å². The van der Waals surface area contributed by atoms with E-state index in [1.807, 2.05) is 0 Å². The zero-order valence-corrected chi connectivity index (χ0v) is 13.2. The Morgan fingerprint density at radius 3 is 2.67 bits per heavy atom. The molecule has 3 heteroatoms. The van der Waals surface area contributed by atoms with Crippen molar-refractivity contribution >= 4 is 5.97 Å². The van der Waals surface area contributed by atoms with Crippen molar-refractivity contribution < 1.29 is 20.1 Å². The lowest BCUT2D eigenvalue weighted by atomic mass is 10.1. The number of epoxide rings is 1. The van der Waals surface area contributed by atoms with E-state index < -0.39 is 18.1 Å². The number of rotatable bonds is 14. The molecule has 2 unspecified atom stereocenters. The summed E-state index contributed by atoms with van der Waals surface area (Å²) in [6, 6.07) is 0.380. The summed E-state index contributed by atoms with van der Waals surface area (Å²) in [5.74, 6) is -0.766. The fourth-order valence-corrected chi connectivity index (χ4v) is 2.23.